The Morgan fingerprint density at radius 1 is 1.25 bits per heavy atom. The zero-order chi connectivity index (χ0) is 15.3. The summed E-state index contributed by atoms with van der Waals surface area (Å²) in [5, 5.41) is 8.76. The van der Waals surface area contributed by atoms with E-state index < -0.39 is 10.0 Å². The molecule has 5 nitrogen and oxygen atoms in total. The highest BCUT2D eigenvalue weighted by molar-refractivity contribution is 7.89. The molecule has 0 radical (unpaired) electrons. The Bertz CT molecular complexity index is 542. The summed E-state index contributed by atoms with van der Waals surface area (Å²) in [6, 6.07) is 2.62. The third-order valence-corrected chi connectivity index (χ3v) is 5.27. The van der Waals surface area contributed by atoms with Gasteiger partial charge in [0.2, 0.25) is 10.0 Å². The second-order valence-electron chi connectivity index (χ2n) is 3.92. The lowest BCUT2D eigenvalue weighted by molar-refractivity contribution is 0.0704. The Morgan fingerprint density at radius 3 is 2.30 bits per heavy atom. The van der Waals surface area contributed by atoms with Crippen LogP contribution in [0.5, 0.6) is 0 Å². The van der Waals surface area contributed by atoms with Crippen LogP contribution in [0.15, 0.2) is 17.0 Å². The maximum atomic E-state index is 12.3. The van der Waals surface area contributed by atoms with Gasteiger partial charge in [-0.3, -0.25) is 0 Å². The molecule has 0 amide bonds. The van der Waals surface area contributed by atoms with Gasteiger partial charge in [0, 0.05) is 18.7 Å². The maximum absolute atomic E-state index is 12.3. The van der Waals surface area contributed by atoms with E-state index in [0.717, 1.165) is 4.31 Å². The van der Waals surface area contributed by atoms with Crippen LogP contribution < -0.4 is 0 Å². The van der Waals surface area contributed by atoms with Gasteiger partial charge < -0.3 is 9.84 Å². The molecule has 1 aromatic carbocycles. The largest absolute Gasteiger partial charge is 0.396 e. The van der Waals surface area contributed by atoms with Gasteiger partial charge >= 0.3 is 0 Å². The first kappa shape index (κ1) is 18.0. The quantitative estimate of drug-likeness (QED) is 0.598. The fraction of sp³-hybridized carbons (Fsp3) is 0.455. The molecule has 0 saturated carbocycles. The van der Waals surface area contributed by atoms with Crippen LogP contribution in [-0.2, 0) is 14.8 Å². The predicted molar refractivity (Wildman–Crippen MR) is 78.9 cm³/mol. The molecule has 1 aromatic rings. The molecule has 0 aliphatic rings. The molecule has 1 N–H and O–H groups in total. The topological polar surface area (TPSA) is 66.8 Å². The summed E-state index contributed by atoms with van der Waals surface area (Å²) < 4.78 is 30.8. The van der Waals surface area contributed by atoms with Crippen molar-refractivity contribution in [2.45, 2.75) is 11.3 Å². The molecule has 20 heavy (non-hydrogen) atoms. The first-order valence-corrected chi connectivity index (χ1v) is 8.17. The smallest absolute Gasteiger partial charge is 0.247 e. The van der Waals surface area contributed by atoms with Gasteiger partial charge in [0.05, 0.1) is 16.7 Å². The van der Waals surface area contributed by atoms with Gasteiger partial charge in [-0.05, 0) is 18.6 Å². The van der Waals surface area contributed by atoms with Crippen molar-refractivity contribution in [2.24, 2.45) is 0 Å². The predicted octanol–water partition coefficient (Wildman–Crippen LogP) is 2.62. The van der Waals surface area contributed by atoms with Crippen molar-refractivity contribution in [3.63, 3.8) is 0 Å². The number of ether oxygens (including phenoxy) is 1. The third kappa shape index (κ3) is 4.46. The summed E-state index contributed by atoms with van der Waals surface area (Å²) in [5.41, 5.74) is 0. The van der Waals surface area contributed by atoms with Crippen LogP contribution in [0, 0.1) is 0 Å². The Labute approximate surface area is 133 Å². The van der Waals surface area contributed by atoms with Crippen molar-refractivity contribution in [3.8, 4) is 0 Å². The fourth-order valence-electron chi connectivity index (χ4n) is 1.36. The minimum Gasteiger partial charge on any atom is -0.396 e. The lowest BCUT2D eigenvalue weighted by Gasteiger charge is -2.19. The van der Waals surface area contributed by atoms with Gasteiger partial charge in [0.1, 0.15) is 11.6 Å². The van der Waals surface area contributed by atoms with Crippen molar-refractivity contribution < 1.29 is 18.3 Å². The van der Waals surface area contributed by atoms with Gasteiger partial charge in [-0.2, -0.15) is 4.31 Å². The van der Waals surface area contributed by atoms with Gasteiger partial charge in [-0.1, -0.05) is 34.8 Å². The van der Waals surface area contributed by atoms with E-state index in [2.05, 4.69) is 0 Å². The molecule has 9 heteroatoms. The number of hydrogen-bond acceptors (Lipinski definition) is 4. The fourth-order valence-corrected chi connectivity index (χ4v) is 3.90. The Balaban J connectivity index is 2.93. The van der Waals surface area contributed by atoms with Crippen LogP contribution in [0.1, 0.15) is 6.42 Å². The normalized spacial score (nSPS) is 12.1. The van der Waals surface area contributed by atoms with Gasteiger partial charge in [0.15, 0.2) is 0 Å². The summed E-state index contributed by atoms with van der Waals surface area (Å²) in [7, 11) is -2.54. The zero-order valence-corrected chi connectivity index (χ0v) is 13.7. The maximum Gasteiger partial charge on any atom is 0.247 e. The molecule has 114 valence electrons. The second kappa shape index (κ2) is 7.79. The third-order valence-electron chi connectivity index (χ3n) is 2.35. The molecule has 0 saturated heterocycles. The van der Waals surface area contributed by atoms with Crippen LogP contribution in [-0.4, -0.2) is 44.8 Å². The van der Waals surface area contributed by atoms with Gasteiger partial charge in [0.25, 0.3) is 0 Å². The SMILES string of the molecule is CN(COCCCO)S(=O)(=O)c1c(Cl)cc(Cl)cc1Cl. The Hall–Kier alpha value is -0.0800. The highest BCUT2D eigenvalue weighted by atomic mass is 35.5. The molecule has 0 atom stereocenters. The molecule has 0 spiro atoms. The number of aliphatic hydroxyl groups excluding tert-OH is 1. The average molecular weight is 363 g/mol. The van der Waals surface area contributed by atoms with Crippen molar-refractivity contribution >= 4 is 44.8 Å². The van der Waals surface area contributed by atoms with Gasteiger partial charge in [-0.15, -0.1) is 0 Å². The number of nitrogens with zero attached hydrogens (tertiary/aromatic N) is 1. The van der Waals surface area contributed by atoms with Crippen LogP contribution >= 0.6 is 34.8 Å². The Kier molecular flexibility index (Phi) is 7.00. The summed E-state index contributed by atoms with van der Waals surface area (Å²) in [6.07, 6.45) is 0.427. The molecule has 0 aliphatic carbocycles. The van der Waals surface area contributed by atoms with E-state index >= 15 is 0 Å². The minimum atomic E-state index is -3.88. The first-order valence-electron chi connectivity index (χ1n) is 5.60. The number of benzene rings is 1. The molecule has 0 unspecified atom stereocenters. The molecule has 0 heterocycles. The van der Waals surface area contributed by atoms with E-state index in [1.165, 1.54) is 19.2 Å². The number of sulfonamides is 1. The summed E-state index contributed by atoms with van der Waals surface area (Å²) in [5.74, 6) is 0. The standard InChI is InChI=1S/C11H14Cl3NO4S/c1-15(7-19-4-2-3-16)20(17,18)11-9(13)5-8(12)6-10(11)14/h5-6,16H,2-4,7H2,1H3. The summed E-state index contributed by atoms with van der Waals surface area (Å²) in [6.45, 7) is 0.0569. The zero-order valence-electron chi connectivity index (χ0n) is 10.6. The van der Waals surface area contributed by atoms with E-state index in [4.69, 9.17) is 44.6 Å². The van der Waals surface area contributed by atoms with E-state index in [-0.39, 0.29) is 39.9 Å². The lowest BCUT2D eigenvalue weighted by Crippen LogP contribution is -2.30. The number of halogens is 3. The first-order chi connectivity index (χ1) is 9.30. The van der Waals surface area contributed by atoms with Gasteiger partial charge in [-0.25, -0.2) is 8.42 Å². The molecular formula is C11H14Cl3NO4S. The highest BCUT2D eigenvalue weighted by Gasteiger charge is 2.27. The van der Waals surface area contributed by atoms with E-state index in [1.807, 2.05) is 0 Å². The van der Waals surface area contributed by atoms with Crippen molar-refractivity contribution in [1.29, 1.82) is 0 Å². The highest BCUT2D eigenvalue weighted by Crippen LogP contribution is 2.34. The number of aliphatic hydroxyl groups is 1. The molecule has 0 bridgehead atoms. The van der Waals surface area contributed by atoms with E-state index in [0.29, 0.717) is 6.42 Å². The number of hydrogen-bond donors (Lipinski definition) is 1. The molecule has 0 aliphatic heterocycles. The van der Waals surface area contributed by atoms with Crippen molar-refractivity contribution in [1.82, 2.24) is 4.31 Å². The molecule has 0 fully saturated rings. The summed E-state index contributed by atoms with van der Waals surface area (Å²) >= 11 is 17.5. The van der Waals surface area contributed by atoms with Crippen molar-refractivity contribution in [3.05, 3.63) is 27.2 Å². The average Bonchev–Trinajstić information content (AvgIpc) is 2.32. The van der Waals surface area contributed by atoms with Crippen LogP contribution in [0.3, 0.4) is 0 Å². The minimum absolute atomic E-state index is 0.0225. The van der Waals surface area contributed by atoms with Crippen LogP contribution in [0.2, 0.25) is 15.1 Å². The molecule has 1 rings (SSSR count). The van der Waals surface area contributed by atoms with E-state index in [1.54, 1.807) is 0 Å². The second-order valence-corrected chi connectivity index (χ2v) is 7.15. The monoisotopic (exact) mass is 361 g/mol. The van der Waals surface area contributed by atoms with E-state index in [9.17, 15) is 8.42 Å². The lowest BCUT2D eigenvalue weighted by atomic mass is 10.4. The molecular weight excluding hydrogens is 349 g/mol. The van der Waals surface area contributed by atoms with Crippen LogP contribution in [0.4, 0.5) is 0 Å². The Morgan fingerprint density at radius 2 is 1.80 bits per heavy atom. The van der Waals surface area contributed by atoms with Crippen molar-refractivity contribution in [2.75, 3.05) is 27.0 Å². The summed E-state index contributed by atoms with van der Waals surface area (Å²) in [4.78, 5) is -0.210. The van der Waals surface area contributed by atoms with Crippen LogP contribution in [0.25, 0.3) is 0 Å². The number of rotatable bonds is 7. The molecule has 0 aromatic heterocycles.